The predicted octanol–water partition coefficient (Wildman–Crippen LogP) is 1.08. The van der Waals surface area contributed by atoms with E-state index in [9.17, 15) is 14.7 Å². The monoisotopic (exact) mass is 282 g/mol. The summed E-state index contributed by atoms with van der Waals surface area (Å²) in [7, 11) is 2.81. The first-order chi connectivity index (χ1) is 9.20. The van der Waals surface area contributed by atoms with Crippen LogP contribution in [-0.4, -0.2) is 36.7 Å². The van der Waals surface area contributed by atoms with Gasteiger partial charge in [0, 0.05) is 12.1 Å². The Hall–Kier alpha value is -2.28. The van der Waals surface area contributed by atoms with Crippen molar-refractivity contribution in [3.63, 3.8) is 0 Å². The van der Waals surface area contributed by atoms with Crippen LogP contribution in [0.4, 0.5) is 5.69 Å². The zero-order valence-electron chi connectivity index (χ0n) is 11.8. The highest BCUT2D eigenvalue weighted by atomic mass is 16.5. The molecular weight excluding hydrogens is 264 g/mol. The van der Waals surface area contributed by atoms with Gasteiger partial charge in [0.05, 0.1) is 31.0 Å². The molecule has 0 saturated carbocycles. The van der Waals surface area contributed by atoms with Gasteiger partial charge in [-0.2, -0.15) is 0 Å². The van der Waals surface area contributed by atoms with Crippen molar-refractivity contribution in [2.24, 2.45) is 5.73 Å². The zero-order chi connectivity index (χ0) is 15.5. The van der Waals surface area contributed by atoms with Gasteiger partial charge >= 0.3 is 5.97 Å². The molecule has 0 fully saturated rings. The summed E-state index contributed by atoms with van der Waals surface area (Å²) in [5.74, 6) is -1.14. The van der Waals surface area contributed by atoms with Crippen LogP contribution < -0.4 is 20.5 Å². The van der Waals surface area contributed by atoms with E-state index in [1.807, 2.05) is 0 Å². The molecule has 20 heavy (non-hydrogen) atoms. The van der Waals surface area contributed by atoms with Crippen LogP contribution in [0.2, 0.25) is 0 Å². The van der Waals surface area contributed by atoms with Gasteiger partial charge in [0.15, 0.2) is 11.5 Å². The molecule has 0 aliphatic carbocycles. The maximum Gasteiger partial charge on any atom is 0.337 e. The van der Waals surface area contributed by atoms with Crippen molar-refractivity contribution >= 4 is 17.6 Å². The molecule has 1 rings (SSSR count). The number of carboxylic acids is 1. The van der Waals surface area contributed by atoms with Crippen LogP contribution in [0.25, 0.3) is 0 Å². The Labute approximate surface area is 116 Å². The third-order valence-electron chi connectivity index (χ3n) is 2.59. The van der Waals surface area contributed by atoms with Gasteiger partial charge in [-0.15, -0.1) is 0 Å². The van der Waals surface area contributed by atoms with Crippen molar-refractivity contribution in [1.82, 2.24) is 0 Å². The molecule has 0 aliphatic heterocycles. The quantitative estimate of drug-likeness (QED) is 0.745. The number of hydrogen-bond donors (Lipinski definition) is 3. The molecule has 0 aromatic heterocycles. The number of carbonyl (C=O) groups is 2. The third kappa shape index (κ3) is 3.39. The molecule has 0 bridgehead atoms. The van der Waals surface area contributed by atoms with E-state index in [1.165, 1.54) is 40.2 Å². The second-order valence-corrected chi connectivity index (χ2v) is 4.73. The highest BCUT2D eigenvalue weighted by molar-refractivity contribution is 6.04. The summed E-state index contributed by atoms with van der Waals surface area (Å²) in [5.41, 5.74) is 4.51. The van der Waals surface area contributed by atoms with Gasteiger partial charge in [0.1, 0.15) is 0 Å². The second-order valence-electron chi connectivity index (χ2n) is 4.73. The largest absolute Gasteiger partial charge is 0.493 e. The minimum absolute atomic E-state index is 0.0960. The Balaban J connectivity index is 3.30. The van der Waals surface area contributed by atoms with E-state index < -0.39 is 17.4 Å². The smallest absolute Gasteiger partial charge is 0.337 e. The number of nitrogens with two attached hydrogens (primary N) is 1. The molecule has 110 valence electrons. The lowest BCUT2D eigenvalue weighted by molar-refractivity contribution is -0.120. The summed E-state index contributed by atoms with van der Waals surface area (Å²) in [6, 6.07) is 2.66. The Kier molecular flexibility index (Phi) is 4.57. The number of methoxy groups -OCH3 is 2. The van der Waals surface area contributed by atoms with Gasteiger partial charge in [0.25, 0.3) is 0 Å². The number of carbonyl (C=O) groups excluding carboxylic acids is 1. The van der Waals surface area contributed by atoms with Crippen molar-refractivity contribution in [3.8, 4) is 11.5 Å². The lowest BCUT2D eigenvalue weighted by Gasteiger charge is -2.19. The third-order valence-corrected chi connectivity index (χ3v) is 2.59. The second kappa shape index (κ2) is 5.79. The van der Waals surface area contributed by atoms with E-state index in [0.29, 0.717) is 5.75 Å². The molecule has 7 nitrogen and oxygen atoms in total. The van der Waals surface area contributed by atoms with E-state index in [2.05, 4.69) is 5.32 Å². The summed E-state index contributed by atoms with van der Waals surface area (Å²) in [4.78, 5) is 23.1. The van der Waals surface area contributed by atoms with E-state index in [4.69, 9.17) is 15.2 Å². The van der Waals surface area contributed by atoms with Crippen molar-refractivity contribution < 1.29 is 24.2 Å². The molecule has 0 aliphatic rings. The van der Waals surface area contributed by atoms with Crippen LogP contribution >= 0.6 is 0 Å². The number of rotatable bonds is 5. The number of carboxylic acid groups (broad SMARTS) is 1. The van der Waals surface area contributed by atoms with Gasteiger partial charge in [-0.05, 0) is 13.8 Å². The topological polar surface area (TPSA) is 111 Å². The Morgan fingerprint density at radius 3 is 2.10 bits per heavy atom. The van der Waals surface area contributed by atoms with E-state index in [0.717, 1.165) is 0 Å². The normalized spacial score (nSPS) is 10.8. The highest BCUT2D eigenvalue weighted by Gasteiger charge is 2.25. The first-order valence-electron chi connectivity index (χ1n) is 5.80. The molecule has 0 spiro atoms. The summed E-state index contributed by atoms with van der Waals surface area (Å²) >= 11 is 0. The van der Waals surface area contributed by atoms with Crippen LogP contribution in [0.1, 0.15) is 24.2 Å². The van der Waals surface area contributed by atoms with E-state index in [1.54, 1.807) is 0 Å². The number of hydrogen-bond acceptors (Lipinski definition) is 5. The Morgan fingerprint density at radius 1 is 1.20 bits per heavy atom. The fraction of sp³-hybridized carbons (Fsp3) is 0.385. The van der Waals surface area contributed by atoms with Crippen molar-refractivity contribution in [1.29, 1.82) is 0 Å². The molecule has 0 saturated heterocycles. The SMILES string of the molecule is COc1cc(NC(=O)C(C)(C)N)c(C(=O)O)cc1OC. The summed E-state index contributed by atoms with van der Waals surface area (Å²) in [5, 5.41) is 11.7. The van der Waals surface area contributed by atoms with Crippen LogP contribution in [0.3, 0.4) is 0 Å². The van der Waals surface area contributed by atoms with Crippen LogP contribution in [0.15, 0.2) is 12.1 Å². The highest BCUT2D eigenvalue weighted by Crippen LogP contribution is 2.33. The fourth-order valence-corrected chi connectivity index (χ4v) is 1.44. The predicted molar refractivity (Wildman–Crippen MR) is 73.4 cm³/mol. The van der Waals surface area contributed by atoms with Crippen LogP contribution in [-0.2, 0) is 4.79 Å². The van der Waals surface area contributed by atoms with E-state index in [-0.39, 0.29) is 17.0 Å². The zero-order valence-corrected chi connectivity index (χ0v) is 11.8. The van der Waals surface area contributed by atoms with Crippen LogP contribution in [0, 0.1) is 0 Å². The standard InChI is InChI=1S/C13H18N2O5/c1-13(2,14)12(18)15-8-6-10(20-4)9(19-3)5-7(8)11(16)17/h5-6H,14H2,1-4H3,(H,15,18)(H,16,17). The average molecular weight is 282 g/mol. The maximum atomic E-state index is 11.9. The van der Waals surface area contributed by atoms with Gasteiger partial charge in [-0.25, -0.2) is 4.79 Å². The molecular formula is C13H18N2O5. The van der Waals surface area contributed by atoms with Crippen molar-refractivity contribution in [2.45, 2.75) is 19.4 Å². The first kappa shape index (κ1) is 15.8. The molecule has 1 aromatic rings. The molecule has 0 radical (unpaired) electrons. The number of nitrogens with one attached hydrogen (secondary N) is 1. The lowest BCUT2D eigenvalue weighted by Crippen LogP contribution is -2.45. The number of amides is 1. The maximum absolute atomic E-state index is 11.9. The van der Waals surface area contributed by atoms with Crippen molar-refractivity contribution in [2.75, 3.05) is 19.5 Å². The van der Waals surface area contributed by atoms with Gasteiger partial charge < -0.3 is 25.6 Å². The fourth-order valence-electron chi connectivity index (χ4n) is 1.44. The van der Waals surface area contributed by atoms with Gasteiger partial charge in [0.2, 0.25) is 5.91 Å². The molecule has 0 unspecified atom stereocenters. The molecule has 1 amide bonds. The number of benzene rings is 1. The minimum Gasteiger partial charge on any atom is -0.493 e. The average Bonchev–Trinajstić information content (AvgIpc) is 2.36. The Morgan fingerprint density at radius 2 is 1.70 bits per heavy atom. The number of ether oxygens (including phenoxy) is 2. The molecule has 1 aromatic carbocycles. The number of anilines is 1. The van der Waals surface area contributed by atoms with Crippen LogP contribution in [0.5, 0.6) is 11.5 Å². The molecule has 0 atom stereocenters. The molecule has 7 heteroatoms. The first-order valence-corrected chi connectivity index (χ1v) is 5.80. The van der Waals surface area contributed by atoms with Gasteiger partial charge in [-0.3, -0.25) is 4.79 Å². The summed E-state index contributed by atoms with van der Waals surface area (Å²) in [6.45, 7) is 3.03. The minimum atomic E-state index is -1.20. The summed E-state index contributed by atoms with van der Waals surface area (Å²) < 4.78 is 10.1. The number of aromatic carboxylic acids is 1. The molecule has 4 N–H and O–H groups in total. The van der Waals surface area contributed by atoms with Crippen molar-refractivity contribution in [3.05, 3.63) is 17.7 Å². The van der Waals surface area contributed by atoms with Gasteiger partial charge in [-0.1, -0.05) is 0 Å². The van der Waals surface area contributed by atoms with E-state index >= 15 is 0 Å². The molecule has 0 heterocycles. The lowest BCUT2D eigenvalue weighted by atomic mass is 10.1. The summed E-state index contributed by atoms with van der Waals surface area (Å²) in [6.07, 6.45) is 0. The Bertz CT molecular complexity index is 534.